The van der Waals surface area contributed by atoms with Crippen LogP contribution in [0.3, 0.4) is 0 Å². The number of rotatable bonds is 4. The van der Waals surface area contributed by atoms with Crippen LogP contribution >= 0.6 is 0 Å². The third-order valence-electron chi connectivity index (χ3n) is 2.03. The summed E-state index contributed by atoms with van der Waals surface area (Å²) in [5.74, 6) is -1.87. The molecule has 1 aromatic heterocycles. The summed E-state index contributed by atoms with van der Waals surface area (Å²) >= 11 is 0. The quantitative estimate of drug-likeness (QED) is 0.880. The number of halogens is 3. The van der Waals surface area contributed by atoms with Gasteiger partial charge in [-0.1, -0.05) is 6.92 Å². The largest absolute Gasteiger partial charge is 0.476 e. The molecule has 1 aromatic rings. The second kappa shape index (κ2) is 5.03. The molecule has 1 rings (SSSR count). The van der Waals surface area contributed by atoms with Gasteiger partial charge in [0.25, 0.3) is 0 Å². The van der Waals surface area contributed by atoms with E-state index in [4.69, 9.17) is 10.5 Å². The van der Waals surface area contributed by atoms with Gasteiger partial charge in [0.1, 0.15) is 12.2 Å². The van der Waals surface area contributed by atoms with Crippen LogP contribution in [0.4, 0.5) is 13.2 Å². The van der Waals surface area contributed by atoms with Crippen molar-refractivity contribution >= 4 is 5.91 Å². The first-order valence-electron chi connectivity index (χ1n) is 4.76. The molecule has 0 aromatic carbocycles. The Kier molecular flexibility index (Phi) is 3.93. The van der Waals surface area contributed by atoms with E-state index in [1.165, 1.54) is 13.1 Å². The van der Waals surface area contributed by atoms with Crippen molar-refractivity contribution in [2.75, 3.05) is 6.61 Å². The maximum atomic E-state index is 12.5. The first-order chi connectivity index (χ1) is 7.82. The standard InChI is InChI=1S/C10H11F3N2O2/c1-6(8(14)16)5-17-9-7(10(11,12)13)3-2-4-15-9/h2-4,6H,5H2,1H3,(H2,14,16). The number of alkyl halides is 3. The van der Waals surface area contributed by atoms with Crippen LogP contribution in [0.5, 0.6) is 5.88 Å². The van der Waals surface area contributed by atoms with Crippen LogP contribution in [0.2, 0.25) is 0 Å². The second-order valence-electron chi connectivity index (χ2n) is 3.47. The molecule has 2 N–H and O–H groups in total. The average Bonchev–Trinajstić information content (AvgIpc) is 2.24. The predicted molar refractivity (Wildman–Crippen MR) is 53.1 cm³/mol. The number of hydrogen-bond acceptors (Lipinski definition) is 3. The summed E-state index contributed by atoms with van der Waals surface area (Å²) < 4.78 is 42.4. The zero-order chi connectivity index (χ0) is 13.1. The smallest absolute Gasteiger partial charge is 0.421 e. The van der Waals surface area contributed by atoms with E-state index in [1.54, 1.807) is 0 Å². The minimum absolute atomic E-state index is 0.241. The molecule has 0 aliphatic rings. The molecule has 0 aliphatic carbocycles. The minimum atomic E-state index is -4.54. The summed E-state index contributed by atoms with van der Waals surface area (Å²) in [5.41, 5.74) is 3.99. The number of carbonyl (C=O) groups is 1. The number of carbonyl (C=O) groups excluding carboxylic acids is 1. The molecule has 94 valence electrons. The van der Waals surface area contributed by atoms with Crippen molar-refractivity contribution in [1.82, 2.24) is 4.98 Å². The first-order valence-corrected chi connectivity index (χ1v) is 4.76. The number of amides is 1. The van der Waals surface area contributed by atoms with Gasteiger partial charge in [0.2, 0.25) is 11.8 Å². The van der Waals surface area contributed by atoms with Crippen molar-refractivity contribution in [3.8, 4) is 5.88 Å². The summed E-state index contributed by atoms with van der Waals surface area (Å²) in [6.07, 6.45) is -3.36. The Balaban J connectivity index is 2.81. The third-order valence-corrected chi connectivity index (χ3v) is 2.03. The number of pyridine rings is 1. The van der Waals surface area contributed by atoms with Crippen LogP contribution < -0.4 is 10.5 Å². The molecule has 7 heteroatoms. The lowest BCUT2D eigenvalue weighted by atomic mass is 10.2. The van der Waals surface area contributed by atoms with Crippen molar-refractivity contribution in [1.29, 1.82) is 0 Å². The van der Waals surface area contributed by atoms with Crippen molar-refractivity contribution in [2.24, 2.45) is 11.7 Å². The van der Waals surface area contributed by atoms with Crippen molar-refractivity contribution < 1.29 is 22.7 Å². The number of hydrogen-bond donors (Lipinski definition) is 1. The monoisotopic (exact) mass is 248 g/mol. The zero-order valence-corrected chi connectivity index (χ0v) is 8.99. The van der Waals surface area contributed by atoms with Crippen LogP contribution in [0.25, 0.3) is 0 Å². The van der Waals surface area contributed by atoms with E-state index in [-0.39, 0.29) is 6.61 Å². The molecule has 0 radical (unpaired) electrons. The fourth-order valence-electron chi connectivity index (χ4n) is 1.01. The van der Waals surface area contributed by atoms with Crippen LogP contribution in [0, 0.1) is 5.92 Å². The number of ether oxygens (including phenoxy) is 1. The van der Waals surface area contributed by atoms with Gasteiger partial charge >= 0.3 is 6.18 Å². The van der Waals surface area contributed by atoms with Gasteiger partial charge in [-0.25, -0.2) is 4.98 Å². The van der Waals surface area contributed by atoms with Gasteiger partial charge in [0.15, 0.2) is 0 Å². The zero-order valence-electron chi connectivity index (χ0n) is 8.99. The number of primary amides is 1. The lowest BCUT2D eigenvalue weighted by Gasteiger charge is -2.13. The Hall–Kier alpha value is -1.79. The van der Waals surface area contributed by atoms with E-state index >= 15 is 0 Å². The van der Waals surface area contributed by atoms with E-state index in [0.717, 1.165) is 12.1 Å². The molecule has 0 saturated carbocycles. The molecule has 1 atom stereocenters. The highest BCUT2D eigenvalue weighted by Gasteiger charge is 2.35. The summed E-state index contributed by atoms with van der Waals surface area (Å²) in [4.78, 5) is 14.2. The Morgan fingerprint density at radius 2 is 2.24 bits per heavy atom. The van der Waals surface area contributed by atoms with E-state index < -0.39 is 29.4 Å². The van der Waals surface area contributed by atoms with Gasteiger partial charge in [-0.05, 0) is 12.1 Å². The first kappa shape index (κ1) is 13.3. The molecule has 0 bridgehead atoms. The average molecular weight is 248 g/mol. The molecular formula is C10H11F3N2O2. The molecule has 1 amide bonds. The summed E-state index contributed by atoms with van der Waals surface area (Å²) in [6, 6.07) is 2.02. The SMILES string of the molecule is CC(COc1ncccc1C(F)(F)F)C(N)=O. The van der Waals surface area contributed by atoms with Crippen LogP contribution in [-0.2, 0) is 11.0 Å². The highest BCUT2D eigenvalue weighted by atomic mass is 19.4. The topological polar surface area (TPSA) is 65.2 Å². The van der Waals surface area contributed by atoms with E-state index in [2.05, 4.69) is 4.98 Å². The molecule has 0 aliphatic heterocycles. The lowest BCUT2D eigenvalue weighted by molar-refractivity contribution is -0.139. The third kappa shape index (κ3) is 3.61. The van der Waals surface area contributed by atoms with Gasteiger partial charge < -0.3 is 10.5 Å². The molecule has 1 heterocycles. The summed E-state index contributed by atoms with van der Waals surface area (Å²) in [7, 11) is 0. The number of aromatic nitrogens is 1. The van der Waals surface area contributed by atoms with E-state index in [9.17, 15) is 18.0 Å². The van der Waals surface area contributed by atoms with E-state index in [1.807, 2.05) is 0 Å². The van der Waals surface area contributed by atoms with Gasteiger partial charge in [0.05, 0.1) is 5.92 Å². The van der Waals surface area contributed by atoms with Crippen LogP contribution in [-0.4, -0.2) is 17.5 Å². The highest BCUT2D eigenvalue weighted by molar-refractivity contribution is 5.76. The Morgan fingerprint density at radius 1 is 1.59 bits per heavy atom. The molecule has 17 heavy (non-hydrogen) atoms. The molecule has 0 spiro atoms. The number of nitrogens with two attached hydrogens (primary N) is 1. The van der Waals surface area contributed by atoms with Gasteiger partial charge in [0, 0.05) is 6.20 Å². The van der Waals surface area contributed by atoms with Gasteiger partial charge in [-0.3, -0.25) is 4.79 Å². The minimum Gasteiger partial charge on any atom is -0.476 e. The fraction of sp³-hybridized carbons (Fsp3) is 0.400. The maximum absolute atomic E-state index is 12.5. The van der Waals surface area contributed by atoms with Crippen molar-refractivity contribution in [3.63, 3.8) is 0 Å². The van der Waals surface area contributed by atoms with Crippen LogP contribution in [0.15, 0.2) is 18.3 Å². The van der Waals surface area contributed by atoms with Crippen molar-refractivity contribution in [3.05, 3.63) is 23.9 Å². The molecular weight excluding hydrogens is 237 g/mol. The Labute approximate surface area is 95.6 Å². The lowest BCUT2D eigenvalue weighted by Crippen LogP contribution is -2.26. The second-order valence-corrected chi connectivity index (χ2v) is 3.47. The Bertz CT molecular complexity index is 407. The normalized spacial score (nSPS) is 13.2. The fourth-order valence-corrected chi connectivity index (χ4v) is 1.01. The van der Waals surface area contributed by atoms with E-state index in [0.29, 0.717) is 0 Å². The summed E-state index contributed by atoms with van der Waals surface area (Å²) in [5, 5.41) is 0. The Morgan fingerprint density at radius 3 is 2.76 bits per heavy atom. The van der Waals surface area contributed by atoms with Crippen LogP contribution in [0.1, 0.15) is 12.5 Å². The number of nitrogens with zero attached hydrogens (tertiary/aromatic N) is 1. The predicted octanol–water partition coefficient (Wildman–Crippen LogP) is 1.60. The molecule has 0 fully saturated rings. The van der Waals surface area contributed by atoms with Gasteiger partial charge in [-0.15, -0.1) is 0 Å². The molecule has 4 nitrogen and oxygen atoms in total. The molecule has 0 saturated heterocycles. The van der Waals surface area contributed by atoms with Crippen molar-refractivity contribution in [2.45, 2.75) is 13.1 Å². The summed E-state index contributed by atoms with van der Waals surface area (Å²) in [6.45, 7) is 1.22. The molecule has 1 unspecified atom stereocenters. The highest BCUT2D eigenvalue weighted by Crippen LogP contribution is 2.34. The maximum Gasteiger partial charge on any atom is 0.421 e. The van der Waals surface area contributed by atoms with Gasteiger partial charge in [-0.2, -0.15) is 13.2 Å².